The van der Waals surface area contributed by atoms with E-state index in [4.69, 9.17) is 0 Å². The summed E-state index contributed by atoms with van der Waals surface area (Å²) in [5.41, 5.74) is 0.618. The molecule has 106 valence electrons. The summed E-state index contributed by atoms with van der Waals surface area (Å²) in [6.07, 6.45) is 1.33. The van der Waals surface area contributed by atoms with Gasteiger partial charge in [-0.15, -0.1) is 5.10 Å². The lowest BCUT2D eigenvalue weighted by atomic mass is 10.1. The molecule has 0 aliphatic carbocycles. The molecule has 0 saturated heterocycles. The molecule has 0 spiro atoms. The van der Waals surface area contributed by atoms with E-state index in [9.17, 15) is 14.4 Å². The minimum absolute atomic E-state index is 0.225. The van der Waals surface area contributed by atoms with E-state index in [1.54, 1.807) is 24.3 Å². The summed E-state index contributed by atoms with van der Waals surface area (Å²) < 4.78 is 0. The predicted molar refractivity (Wildman–Crippen MR) is 71.4 cm³/mol. The van der Waals surface area contributed by atoms with Crippen molar-refractivity contribution < 1.29 is 14.4 Å². The molecule has 1 aromatic heterocycles. The van der Waals surface area contributed by atoms with E-state index in [0.717, 1.165) is 4.90 Å². The first kappa shape index (κ1) is 13.0. The number of carbonyl (C=O) groups excluding carboxylic acids is 3. The Bertz CT molecular complexity index is 690. The highest BCUT2D eigenvalue weighted by atomic mass is 16.2. The monoisotopic (exact) mass is 285 g/mol. The molecule has 0 bridgehead atoms. The van der Waals surface area contributed by atoms with Crippen molar-refractivity contribution in [3.05, 3.63) is 41.6 Å². The second-order valence-electron chi connectivity index (χ2n) is 4.55. The summed E-state index contributed by atoms with van der Waals surface area (Å²) in [7, 11) is 0. The number of nitrogens with one attached hydrogen (secondary N) is 2. The lowest BCUT2D eigenvalue weighted by Crippen LogP contribution is -2.45. The number of anilines is 1. The Kier molecular flexibility index (Phi) is 2.98. The highest BCUT2D eigenvalue weighted by molar-refractivity contribution is 6.23. The maximum Gasteiger partial charge on any atom is 0.262 e. The molecule has 0 fully saturated rings. The molecule has 3 rings (SSSR count). The highest BCUT2D eigenvalue weighted by Crippen LogP contribution is 2.24. The van der Waals surface area contributed by atoms with Crippen LogP contribution in [0, 0.1) is 0 Å². The number of carbonyl (C=O) groups is 3. The van der Waals surface area contributed by atoms with E-state index in [0.29, 0.717) is 11.1 Å². The standard InChI is InChI=1S/C13H11N5O3/c1-7(11(19)15-10-6-14-17-16-10)18-12(20)8-4-2-3-5-9(8)13(18)21/h2-7H,1H3,(H2,14,15,16,17,19). The summed E-state index contributed by atoms with van der Waals surface area (Å²) in [6, 6.07) is 5.53. The first-order valence-corrected chi connectivity index (χ1v) is 6.23. The number of imide groups is 1. The highest BCUT2D eigenvalue weighted by Gasteiger charge is 2.40. The zero-order chi connectivity index (χ0) is 15.0. The molecule has 0 radical (unpaired) electrons. The Morgan fingerprint density at radius 1 is 1.24 bits per heavy atom. The van der Waals surface area contributed by atoms with Crippen LogP contribution in [0.4, 0.5) is 5.82 Å². The fourth-order valence-corrected chi connectivity index (χ4v) is 2.17. The molecular weight excluding hydrogens is 274 g/mol. The van der Waals surface area contributed by atoms with Crippen LogP contribution >= 0.6 is 0 Å². The van der Waals surface area contributed by atoms with Gasteiger partial charge in [0.15, 0.2) is 5.82 Å². The van der Waals surface area contributed by atoms with Crippen LogP contribution in [0.15, 0.2) is 30.5 Å². The van der Waals surface area contributed by atoms with Crippen LogP contribution in [0.1, 0.15) is 27.6 Å². The molecule has 1 aromatic carbocycles. The van der Waals surface area contributed by atoms with Gasteiger partial charge in [-0.25, -0.2) is 0 Å². The van der Waals surface area contributed by atoms with Gasteiger partial charge in [0.2, 0.25) is 5.91 Å². The van der Waals surface area contributed by atoms with Crippen LogP contribution in [0.2, 0.25) is 0 Å². The first-order chi connectivity index (χ1) is 10.1. The predicted octanol–water partition coefficient (Wildman–Crippen LogP) is 0.428. The Morgan fingerprint density at radius 2 is 1.86 bits per heavy atom. The number of fused-ring (bicyclic) bond motifs is 1. The lowest BCUT2D eigenvalue weighted by molar-refractivity contribution is -0.119. The van der Waals surface area contributed by atoms with Gasteiger partial charge >= 0.3 is 0 Å². The van der Waals surface area contributed by atoms with Crippen LogP contribution in [-0.4, -0.2) is 44.1 Å². The van der Waals surface area contributed by atoms with Crippen LogP contribution in [0.5, 0.6) is 0 Å². The topological polar surface area (TPSA) is 108 Å². The number of nitrogens with zero attached hydrogens (tertiary/aromatic N) is 3. The fourth-order valence-electron chi connectivity index (χ4n) is 2.17. The number of hydrogen-bond acceptors (Lipinski definition) is 5. The van der Waals surface area contributed by atoms with Crippen molar-refractivity contribution in [2.24, 2.45) is 0 Å². The van der Waals surface area contributed by atoms with Crippen molar-refractivity contribution in [1.29, 1.82) is 0 Å². The number of aromatic nitrogens is 3. The van der Waals surface area contributed by atoms with Crippen molar-refractivity contribution in [1.82, 2.24) is 20.3 Å². The van der Waals surface area contributed by atoms with Gasteiger partial charge in [0.25, 0.3) is 11.8 Å². The SMILES string of the molecule is CC(C(=O)Nc1cn[nH]n1)N1C(=O)c2ccccc2C1=O. The first-order valence-electron chi connectivity index (χ1n) is 6.23. The van der Waals surface area contributed by atoms with Crippen molar-refractivity contribution in [2.45, 2.75) is 13.0 Å². The molecule has 0 saturated carbocycles. The minimum atomic E-state index is -0.950. The molecule has 1 aliphatic heterocycles. The van der Waals surface area contributed by atoms with Gasteiger partial charge in [-0.1, -0.05) is 12.1 Å². The van der Waals surface area contributed by atoms with E-state index in [2.05, 4.69) is 20.7 Å². The van der Waals surface area contributed by atoms with Crippen molar-refractivity contribution >= 4 is 23.5 Å². The zero-order valence-electron chi connectivity index (χ0n) is 11.0. The maximum absolute atomic E-state index is 12.2. The summed E-state index contributed by atoms with van der Waals surface area (Å²) in [5, 5.41) is 12.1. The van der Waals surface area contributed by atoms with E-state index in [1.165, 1.54) is 13.1 Å². The third-order valence-electron chi connectivity index (χ3n) is 3.26. The molecule has 2 N–H and O–H groups in total. The third-order valence-corrected chi connectivity index (χ3v) is 3.26. The van der Waals surface area contributed by atoms with E-state index in [1.807, 2.05) is 0 Å². The molecule has 2 aromatic rings. The Balaban J connectivity index is 1.83. The summed E-state index contributed by atoms with van der Waals surface area (Å²) in [6.45, 7) is 1.48. The van der Waals surface area contributed by atoms with Gasteiger partial charge in [0.05, 0.1) is 17.3 Å². The smallest absolute Gasteiger partial charge is 0.262 e. The zero-order valence-corrected chi connectivity index (χ0v) is 11.0. The van der Waals surface area contributed by atoms with Crippen LogP contribution in [0.3, 0.4) is 0 Å². The molecule has 1 aliphatic rings. The maximum atomic E-state index is 12.2. The fraction of sp³-hybridized carbons (Fsp3) is 0.154. The largest absolute Gasteiger partial charge is 0.306 e. The molecule has 1 atom stereocenters. The van der Waals surface area contributed by atoms with Gasteiger partial charge in [0, 0.05) is 0 Å². The van der Waals surface area contributed by atoms with E-state index in [-0.39, 0.29) is 5.82 Å². The van der Waals surface area contributed by atoms with Gasteiger partial charge in [0.1, 0.15) is 6.04 Å². The van der Waals surface area contributed by atoms with Crippen molar-refractivity contribution in [3.8, 4) is 0 Å². The van der Waals surface area contributed by atoms with Crippen LogP contribution in [0.25, 0.3) is 0 Å². The molecule has 3 amide bonds. The summed E-state index contributed by atoms with van der Waals surface area (Å²) >= 11 is 0. The van der Waals surface area contributed by atoms with Crippen molar-refractivity contribution in [3.63, 3.8) is 0 Å². The quantitative estimate of drug-likeness (QED) is 0.795. The van der Waals surface area contributed by atoms with Crippen molar-refractivity contribution in [2.75, 3.05) is 5.32 Å². The Hall–Kier alpha value is -3.03. The molecule has 21 heavy (non-hydrogen) atoms. The van der Waals surface area contributed by atoms with E-state index < -0.39 is 23.8 Å². The average molecular weight is 285 g/mol. The number of benzene rings is 1. The number of H-pyrrole nitrogens is 1. The summed E-state index contributed by atoms with van der Waals surface area (Å²) in [4.78, 5) is 37.5. The normalized spacial score (nSPS) is 15.0. The Labute approximate surface area is 119 Å². The number of aromatic amines is 1. The lowest BCUT2D eigenvalue weighted by Gasteiger charge is -2.20. The Morgan fingerprint density at radius 3 is 2.38 bits per heavy atom. The number of hydrogen-bond donors (Lipinski definition) is 2. The second-order valence-corrected chi connectivity index (χ2v) is 4.55. The number of rotatable bonds is 3. The second kappa shape index (κ2) is 4.82. The molecule has 8 heteroatoms. The molecular formula is C13H11N5O3. The molecule has 2 heterocycles. The number of amides is 3. The minimum Gasteiger partial charge on any atom is -0.306 e. The van der Waals surface area contributed by atoms with Gasteiger partial charge in [-0.2, -0.15) is 10.3 Å². The van der Waals surface area contributed by atoms with Crippen LogP contribution < -0.4 is 5.32 Å². The average Bonchev–Trinajstić information content (AvgIpc) is 3.07. The molecule has 1 unspecified atom stereocenters. The third kappa shape index (κ3) is 2.06. The van der Waals surface area contributed by atoms with E-state index >= 15 is 0 Å². The summed E-state index contributed by atoms with van der Waals surface area (Å²) in [5.74, 6) is -1.24. The van der Waals surface area contributed by atoms with Gasteiger partial charge in [-0.05, 0) is 19.1 Å². The van der Waals surface area contributed by atoms with Crippen LogP contribution in [-0.2, 0) is 4.79 Å². The molecule has 8 nitrogen and oxygen atoms in total. The van der Waals surface area contributed by atoms with Gasteiger partial charge in [-0.3, -0.25) is 19.3 Å². The van der Waals surface area contributed by atoms with Gasteiger partial charge < -0.3 is 5.32 Å².